The van der Waals surface area contributed by atoms with Crippen LogP contribution in [0.2, 0.25) is 0 Å². The lowest BCUT2D eigenvalue weighted by molar-refractivity contribution is 0.110. The fourth-order valence-electron chi connectivity index (χ4n) is 3.90. The lowest BCUT2D eigenvalue weighted by Gasteiger charge is -2.34. The molecule has 0 aromatic heterocycles. The van der Waals surface area contributed by atoms with Crippen LogP contribution in [0.3, 0.4) is 0 Å². The molecule has 23 heavy (non-hydrogen) atoms. The Morgan fingerprint density at radius 3 is 2.65 bits per heavy atom. The van der Waals surface area contributed by atoms with Crippen molar-refractivity contribution < 1.29 is 9.53 Å². The van der Waals surface area contributed by atoms with E-state index in [2.05, 4.69) is 24.5 Å². The smallest absolute Gasteiger partial charge is 0.424 e. The molecule has 1 aliphatic heterocycles. The summed E-state index contributed by atoms with van der Waals surface area (Å²) in [6.07, 6.45) is 8.21. The zero-order valence-corrected chi connectivity index (χ0v) is 14.0. The van der Waals surface area contributed by atoms with Gasteiger partial charge >= 0.3 is 6.09 Å². The standard InChI is InChI=1S/C19H28N2O2/c1-2-18(16-11-7-4-8-12-16)20-21-17(14-23-19(21)22)13-15-9-5-3-6-10-15/h3,5-6,9-10,16-18,20H,2,4,7-8,11-14H2,1H3/t17-,18-/m0/s1. The average molecular weight is 316 g/mol. The first kappa shape index (κ1) is 16.3. The molecule has 3 rings (SSSR count). The van der Waals surface area contributed by atoms with Crippen LogP contribution in [-0.4, -0.2) is 29.8 Å². The third-order valence-electron chi connectivity index (χ3n) is 5.24. The number of hydrogen-bond donors (Lipinski definition) is 1. The van der Waals surface area contributed by atoms with Crippen molar-refractivity contribution in [1.82, 2.24) is 10.4 Å². The molecule has 1 heterocycles. The SMILES string of the molecule is CC[C@H](NN1C(=O)OC[C@@H]1Cc1ccccc1)C1CCCCC1. The van der Waals surface area contributed by atoms with Crippen molar-refractivity contribution in [2.24, 2.45) is 5.92 Å². The van der Waals surface area contributed by atoms with Crippen molar-refractivity contribution in [3.63, 3.8) is 0 Å². The van der Waals surface area contributed by atoms with E-state index >= 15 is 0 Å². The lowest BCUT2D eigenvalue weighted by Crippen LogP contribution is -2.52. The van der Waals surface area contributed by atoms with Gasteiger partial charge in [-0.05, 0) is 37.2 Å². The molecule has 0 radical (unpaired) electrons. The monoisotopic (exact) mass is 316 g/mol. The number of hydrazine groups is 1. The quantitative estimate of drug-likeness (QED) is 0.865. The predicted octanol–water partition coefficient (Wildman–Crippen LogP) is 3.91. The van der Waals surface area contributed by atoms with Crippen LogP contribution < -0.4 is 5.43 Å². The fraction of sp³-hybridized carbons (Fsp3) is 0.632. The molecule has 0 spiro atoms. The van der Waals surface area contributed by atoms with Crippen LogP contribution in [0.4, 0.5) is 4.79 Å². The van der Waals surface area contributed by atoms with Crippen molar-refractivity contribution in [2.75, 3.05) is 6.61 Å². The fourth-order valence-corrected chi connectivity index (χ4v) is 3.90. The van der Waals surface area contributed by atoms with Gasteiger partial charge in [-0.25, -0.2) is 15.2 Å². The Balaban J connectivity index is 1.64. The maximum absolute atomic E-state index is 12.2. The second kappa shape index (κ2) is 7.82. The van der Waals surface area contributed by atoms with Crippen LogP contribution in [0.15, 0.2) is 30.3 Å². The normalized spacial score (nSPS) is 23.8. The Labute approximate surface area is 139 Å². The second-order valence-electron chi connectivity index (χ2n) is 6.83. The van der Waals surface area contributed by atoms with Crippen molar-refractivity contribution in [1.29, 1.82) is 0 Å². The van der Waals surface area contributed by atoms with E-state index in [1.807, 2.05) is 18.2 Å². The number of amides is 1. The Hall–Kier alpha value is -1.55. The highest BCUT2D eigenvalue weighted by Gasteiger charge is 2.36. The van der Waals surface area contributed by atoms with Crippen LogP contribution in [0.5, 0.6) is 0 Å². The Kier molecular flexibility index (Phi) is 5.55. The van der Waals surface area contributed by atoms with Gasteiger partial charge in [-0.2, -0.15) is 0 Å². The summed E-state index contributed by atoms with van der Waals surface area (Å²) >= 11 is 0. The molecule has 0 bridgehead atoms. The third-order valence-corrected chi connectivity index (χ3v) is 5.24. The highest BCUT2D eigenvalue weighted by Crippen LogP contribution is 2.28. The van der Waals surface area contributed by atoms with Gasteiger partial charge in [-0.1, -0.05) is 56.5 Å². The highest BCUT2D eigenvalue weighted by molar-refractivity contribution is 5.69. The van der Waals surface area contributed by atoms with Gasteiger partial charge in [0.05, 0.1) is 6.04 Å². The highest BCUT2D eigenvalue weighted by atomic mass is 16.6. The Morgan fingerprint density at radius 1 is 1.22 bits per heavy atom. The van der Waals surface area contributed by atoms with E-state index in [1.165, 1.54) is 37.7 Å². The predicted molar refractivity (Wildman–Crippen MR) is 90.9 cm³/mol. The number of ether oxygens (including phenoxy) is 1. The number of cyclic esters (lactones) is 1. The van der Waals surface area contributed by atoms with Gasteiger partial charge in [0, 0.05) is 6.04 Å². The third kappa shape index (κ3) is 4.05. The maximum atomic E-state index is 12.2. The van der Waals surface area contributed by atoms with Crippen LogP contribution in [-0.2, 0) is 11.2 Å². The summed E-state index contributed by atoms with van der Waals surface area (Å²) in [7, 11) is 0. The van der Waals surface area contributed by atoms with Crippen LogP contribution in [0.1, 0.15) is 51.0 Å². The molecule has 1 saturated heterocycles. The first-order chi connectivity index (χ1) is 11.3. The van der Waals surface area contributed by atoms with E-state index in [9.17, 15) is 4.79 Å². The van der Waals surface area contributed by atoms with Gasteiger partial charge in [-0.15, -0.1) is 0 Å². The molecule has 126 valence electrons. The number of hydrogen-bond acceptors (Lipinski definition) is 3. The van der Waals surface area contributed by atoms with E-state index in [1.54, 1.807) is 5.01 Å². The molecule has 1 saturated carbocycles. The van der Waals surface area contributed by atoms with Gasteiger partial charge < -0.3 is 4.74 Å². The molecule has 4 heteroatoms. The molecule has 2 fully saturated rings. The van der Waals surface area contributed by atoms with Gasteiger partial charge in [0.2, 0.25) is 0 Å². The summed E-state index contributed by atoms with van der Waals surface area (Å²) in [5.74, 6) is 0.680. The minimum absolute atomic E-state index is 0.0857. The van der Waals surface area contributed by atoms with Gasteiger partial charge in [0.25, 0.3) is 0 Å². The minimum Gasteiger partial charge on any atom is -0.446 e. The topological polar surface area (TPSA) is 41.6 Å². The van der Waals surface area contributed by atoms with Gasteiger partial charge in [0.15, 0.2) is 0 Å². The summed E-state index contributed by atoms with van der Waals surface area (Å²) in [6, 6.07) is 10.8. The van der Waals surface area contributed by atoms with Crippen molar-refractivity contribution >= 4 is 6.09 Å². The van der Waals surface area contributed by atoms with Crippen LogP contribution >= 0.6 is 0 Å². The zero-order valence-electron chi connectivity index (χ0n) is 14.0. The molecule has 1 amide bonds. The first-order valence-corrected chi connectivity index (χ1v) is 9.04. The van der Waals surface area contributed by atoms with Crippen LogP contribution in [0.25, 0.3) is 0 Å². The summed E-state index contributed by atoms with van der Waals surface area (Å²) < 4.78 is 5.31. The average Bonchev–Trinajstić information content (AvgIpc) is 2.94. The summed E-state index contributed by atoms with van der Waals surface area (Å²) in [4.78, 5) is 12.2. The molecule has 2 atom stereocenters. The minimum atomic E-state index is -0.222. The second-order valence-corrected chi connectivity index (χ2v) is 6.83. The molecule has 4 nitrogen and oxygen atoms in total. The summed E-state index contributed by atoms with van der Waals surface area (Å²) in [5.41, 5.74) is 4.76. The number of nitrogens with one attached hydrogen (secondary N) is 1. The van der Waals surface area contributed by atoms with E-state index in [-0.39, 0.29) is 12.1 Å². The summed E-state index contributed by atoms with van der Waals surface area (Å²) in [6.45, 7) is 2.68. The van der Waals surface area contributed by atoms with Gasteiger partial charge in [0.1, 0.15) is 6.61 Å². The lowest BCUT2D eigenvalue weighted by atomic mass is 9.83. The van der Waals surface area contributed by atoms with E-state index in [0.717, 1.165) is 12.8 Å². The molecule has 1 aromatic rings. The molecule has 1 N–H and O–H groups in total. The first-order valence-electron chi connectivity index (χ1n) is 9.04. The van der Waals surface area contributed by atoms with Crippen LogP contribution in [0, 0.1) is 5.92 Å². The molecule has 1 aliphatic carbocycles. The molecular formula is C19H28N2O2. The van der Waals surface area contributed by atoms with Crippen molar-refractivity contribution in [3.05, 3.63) is 35.9 Å². The van der Waals surface area contributed by atoms with Gasteiger partial charge in [-0.3, -0.25) is 0 Å². The number of rotatable bonds is 6. The molecule has 1 aromatic carbocycles. The Morgan fingerprint density at radius 2 is 1.96 bits per heavy atom. The number of nitrogens with zero attached hydrogens (tertiary/aromatic N) is 1. The largest absolute Gasteiger partial charge is 0.446 e. The molecule has 0 unspecified atom stereocenters. The maximum Gasteiger partial charge on any atom is 0.424 e. The molecule has 2 aliphatic rings. The summed E-state index contributed by atoms with van der Waals surface area (Å²) in [5, 5.41) is 1.76. The number of carbonyl (C=O) groups is 1. The van der Waals surface area contributed by atoms with Crippen molar-refractivity contribution in [3.8, 4) is 0 Å². The van der Waals surface area contributed by atoms with Crippen molar-refractivity contribution in [2.45, 2.75) is 64.0 Å². The van der Waals surface area contributed by atoms with E-state index < -0.39 is 0 Å². The van der Waals surface area contributed by atoms with E-state index in [0.29, 0.717) is 18.6 Å². The zero-order chi connectivity index (χ0) is 16.1. The molecular weight excluding hydrogens is 288 g/mol. The van der Waals surface area contributed by atoms with E-state index in [4.69, 9.17) is 4.74 Å². The number of benzene rings is 1. The number of carbonyl (C=O) groups excluding carboxylic acids is 1. The Bertz CT molecular complexity index is 499.